The lowest BCUT2D eigenvalue weighted by molar-refractivity contribution is 0.592. The first-order valence-corrected chi connectivity index (χ1v) is 8.89. The first-order chi connectivity index (χ1) is 11.6. The summed E-state index contributed by atoms with van der Waals surface area (Å²) in [6.07, 6.45) is 4.47. The highest BCUT2D eigenvalue weighted by Gasteiger charge is 2.57. The Labute approximate surface area is 142 Å². The summed E-state index contributed by atoms with van der Waals surface area (Å²) in [5, 5.41) is 0. The van der Waals surface area contributed by atoms with E-state index in [1.807, 2.05) is 0 Å². The van der Waals surface area contributed by atoms with Gasteiger partial charge in [0.2, 0.25) is 5.95 Å². The average molecular weight is 321 g/mol. The van der Waals surface area contributed by atoms with Gasteiger partial charge >= 0.3 is 0 Å². The van der Waals surface area contributed by atoms with E-state index < -0.39 is 0 Å². The molecule has 1 saturated carbocycles. The number of benzene rings is 1. The first kappa shape index (κ1) is 14.2. The van der Waals surface area contributed by atoms with Crippen molar-refractivity contribution in [1.29, 1.82) is 0 Å². The number of nitrogen functional groups attached to an aromatic ring is 1. The third-order valence-electron chi connectivity index (χ3n) is 5.99. The van der Waals surface area contributed by atoms with E-state index in [1.54, 1.807) is 0 Å². The van der Waals surface area contributed by atoms with Crippen LogP contribution in [0.1, 0.15) is 42.0 Å². The van der Waals surface area contributed by atoms with Crippen molar-refractivity contribution < 1.29 is 0 Å². The number of nitrogens with zero attached hydrogens (tertiary/aromatic N) is 3. The van der Waals surface area contributed by atoms with Gasteiger partial charge in [-0.1, -0.05) is 30.3 Å². The van der Waals surface area contributed by atoms with Crippen molar-refractivity contribution in [3.05, 3.63) is 47.2 Å². The zero-order chi connectivity index (χ0) is 16.3. The summed E-state index contributed by atoms with van der Waals surface area (Å²) in [6.45, 7) is 1.91. The topological polar surface area (TPSA) is 81.1 Å². The fourth-order valence-corrected chi connectivity index (χ4v) is 4.61. The summed E-state index contributed by atoms with van der Waals surface area (Å²) in [7, 11) is 0. The minimum Gasteiger partial charge on any atom is -0.368 e. The maximum Gasteiger partial charge on any atom is 0.222 e. The van der Waals surface area contributed by atoms with Gasteiger partial charge in [-0.3, -0.25) is 0 Å². The van der Waals surface area contributed by atoms with Gasteiger partial charge < -0.3 is 16.4 Å². The molecule has 2 unspecified atom stereocenters. The van der Waals surface area contributed by atoms with Gasteiger partial charge in [-0.15, -0.1) is 0 Å². The molecule has 2 aromatic rings. The Morgan fingerprint density at radius 2 is 2.00 bits per heavy atom. The van der Waals surface area contributed by atoms with Gasteiger partial charge in [-0.25, -0.2) is 4.98 Å². The molecule has 1 aromatic carbocycles. The van der Waals surface area contributed by atoms with Crippen LogP contribution in [0.4, 0.5) is 11.8 Å². The molecule has 5 rings (SSSR count). The quantitative estimate of drug-likeness (QED) is 0.885. The van der Waals surface area contributed by atoms with Gasteiger partial charge in [0.05, 0.1) is 5.69 Å². The summed E-state index contributed by atoms with van der Waals surface area (Å²) in [6, 6.07) is 10.6. The number of hydrogen-bond donors (Lipinski definition) is 2. The second kappa shape index (κ2) is 4.93. The van der Waals surface area contributed by atoms with E-state index in [-0.39, 0.29) is 5.54 Å². The Morgan fingerprint density at radius 3 is 2.75 bits per heavy atom. The number of piperidine rings is 1. The van der Waals surface area contributed by atoms with Crippen LogP contribution in [-0.4, -0.2) is 28.6 Å². The molecule has 0 bridgehead atoms. The highest BCUT2D eigenvalue weighted by Crippen LogP contribution is 2.49. The van der Waals surface area contributed by atoms with Gasteiger partial charge in [0, 0.05) is 30.1 Å². The molecule has 2 fully saturated rings. The van der Waals surface area contributed by atoms with Crippen molar-refractivity contribution in [2.75, 3.05) is 23.7 Å². The second-order valence-corrected chi connectivity index (χ2v) is 7.64. The molecular formula is C19H23N5. The second-order valence-electron chi connectivity index (χ2n) is 7.64. The Hall–Kier alpha value is -2.14. The normalized spacial score (nSPS) is 30.8. The van der Waals surface area contributed by atoms with E-state index >= 15 is 0 Å². The molecule has 2 heterocycles. The molecule has 3 aliphatic rings. The molecule has 1 saturated heterocycles. The monoisotopic (exact) mass is 321 g/mol. The Morgan fingerprint density at radius 1 is 1.17 bits per heavy atom. The van der Waals surface area contributed by atoms with Crippen LogP contribution in [0.15, 0.2) is 30.3 Å². The average Bonchev–Trinajstić information content (AvgIpc) is 3.11. The van der Waals surface area contributed by atoms with Crippen LogP contribution < -0.4 is 16.4 Å². The van der Waals surface area contributed by atoms with Crippen molar-refractivity contribution >= 4 is 11.8 Å². The van der Waals surface area contributed by atoms with Crippen LogP contribution in [0.3, 0.4) is 0 Å². The molecule has 5 heteroatoms. The zero-order valence-electron chi connectivity index (χ0n) is 13.8. The summed E-state index contributed by atoms with van der Waals surface area (Å²) >= 11 is 0. The lowest BCUT2D eigenvalue weighted by atomic mass is 9.82. The minimum atomic E-state index is 0.0140. The Balaban J connectivity index is 1.58. The first-order valence-electron chi connectivity index (χ1n) is 8.89. The fourth-order valence-electron chi connectivity index (χ4n) is 4.61. The summed E-state index contributed by atoms with van der Waals surface area (Å²) in [4.78, 5) is 11.6. The van der Waals surface area contributed by atoms with Crippen LogP contribution in [0.5, 0.6) is 0 Å². The highest BCUT2D eigenvalue weighted by molar-refractivity contribution is 5.57. The predicted octanol–water partition coefficient (Wildman–Crippen LogP) is 2.06. The molecule has 3 atom stereocenters. The zero-order valence-corrected chi connectivity index (χ0v) is 13.8. The van der Waals surface area contributed by atoms with E-state index in [4.69, 9.17) is 11.5 Å². The molecular weight excluding hydrogens is 298 g/mol. The molecule has 0 amide bonds. The highest BCUT2D eigenvalue weighted by atomic mass is 15.3. The summed E-state index contributed by atoms with van der Waals surface area (Å²) in [5.41, 5.74) is 16.2. The van der Waals surface area contributed by atoms with Crippen LogP contribution in [0.25, 0.3) is 0 Å². The van der Waals surface area contributed by atoms with Gasteiger partial charge in [0.15, 0.2) is 0 Å². The van der Waals surface area contributed by atoms with E-state index in [1.165, 1.54) is 11.1 Å². The van der Waals surface area contributed by atoms with Crippen molar-refractivity contribution in [3.8, 4) is 0 Å². The molecule has 24 heavy (non-hydrogen) atoms. The van der Waals surface area contributed by atoms with E-state index in [0.29, 0.717) is 17.8 Å². The summed E-state index contributed by atoms with van der Waals surface area (Å²) in [5.74, 6) is 2.37. The third kappa shape index (κ3) is 2.11. The Kier molecular flexibility index (Phi) is 2.92. The number of aromatic nitrogens is 2. The maximum absolute atomic E-state index is 6.40. The molecule has 1 aromatic heterocycles. The van der Waals surface area contributed by atoms with Crippen molar-refractivity contribution in [2.45, 2.75) is 37.1 Å². The van der Waals surface area contributed by atoms with Crippen LogP contribution in [0.2, 0.25) is 0 Å². The minimum absolute atomic E-state index is 0.0140. The molecule has 2 aliphatic carbocycles. The molecule has 0 radical (unpaired) electrons. The summed E-state index contributed by atoms with van der Waals surface area (Å²) < 4.78 is 0. The lowest BCUT2D eigenvalue weighted by Crippen LogP contribution is -2.35. The maximum atomic E-state index is 6.40. The molecule has 124 valence electrons. The van der Waals surface area contributed by atoms with Gasteiger partial charge in [-0.2, -0.15) is 4.98 Å². The fraction of sp³-hybridized carbons (Fsp3) is 0.474. The molecule has 4 N–H and O–H groups in total. The lowest BCUT2D eigenvalue weighted by Gasteiger charge is -2.30. The number of nitrogens with two attached hydrogens (primary N) is 2. The van der Waals surface area contributed by atoms with E-state index in [2.05, 4.69) is 45.2 Å². The third-order valence-corrected chi connectivity index (χ3v) is 5.99. The number of hydrogen-bond acceptors (Lipinski definition) is 5. The SMILES string of the molecule is Nc1nc2c(c(N3CC4C[C@@]4(N)C3)n1)CCCC2c1ccccc1. The van der Waals surface area contributed by atoms with Crippen LogP contribution >= 0.6 is 0 Å². The van der Waals surface area contributed by atoms with E-state index in [0.717, 1.165) is 50.3 Å². The number of anilines is 2. The van der Waals surface area contributed by atoms with E-state index in [9.17, 15) is 0 Å². The standard InChI is InChI=1S/C19H23N5/c20-18-22-16-14(12-5-2-1-3-6-12)7-4-8-15(16)17(23-18)24-10-13-9-19(13,21)11-24/h1-3,5-6,13-14H,4,7-11,21H2,(H2,20,22,23)/t13?,14?,19-/m1/s1. The van der Waals surface area contributed by atoms with Crippen LogP contribution in [0, 0.1) is 5.92 Å². The largest absolute Gasteiger partial charge is 0.368 e. The van der Waals surface area contributed by atoms with Crippen molar-refractivity contribution in [1.82, 2.24) is 9.97 Å². The van der Waals surface area contributed by atoms with Gasteiger partial charge in [0.1, 0.15) is 5.82 Å². The number of fused-ring (bicyclic) bond motifs is 2. The van der Waals surface area contributed by atoms with Gasteiger partial charge in [0.25, 0.3) is 0 Å². The molecule has 5 nitrogen and oxygen atoms in total. The smallest absolute Gasteiger partial charge is 0.222 e. The predicted molar refractivity (Wildman–Crippen MR) is 94.9 cm³/mol. The van der Waals surface area contributed by atoms with Crippen LogP contribution in [-0.2, 0) is 6.42 Å². The van der Waals surface area contributed by atoms with Crippen molar-refractivity contribution in [3.63, 3.8) is 0 Å². The molecule has 0 spiro atoms. The van der Waals surface area contributed by atoms with Gasteiger partial charge in [-0.05, 0) is 37.2 Å². The molecule has 1 aliphatic heterocycles. The number of rotatable bonds is 2. The Bertz CT molecular complexity index is 790. The van der Waals surface area contributed by atoms with Crippen molar-refractivity contribution in [2.24, 2.45) is 11.7 Å².